The number of nitrogens with one attached hydrogen (secondary N) is 1. The minimum atomic E-state index is -0.0939. The third-order valence-corrected chi connectivity index (χ3v) is 4.19. The zero-order valence-electron chi connectivity index (χ0n) is 11.5. The Kier molecular flexibility index (Phi) is 7.95. The summed E-state index contributed by atoms with van der Waals surface area (Å²) in [6.45, 7) is 8.26. The van der Waals surface area contributed by atoms with Gasteiger partial charge in [0.25, 0.3) is 0 Å². The molecule has 0 aliphatic rings. The van der Waals surface area contributed by atoms with Gasteiger partial charge in [-0.25, -0.2) is 0 Å². The van der Waals surface area contributed by atoms with E-state index in [-0.39, 0.29) is 12.6 Å². The first-order chi connectivity index (χ1) is 9.12. The lowest BCUT2D eigenvalue weighted by Crippen LogP contribution is -2.34. The maximum Gasteiger partial charge on any atom is 0.0626 e. The highest BCUT2D eigenvalue weighted by Crippen LogP contribution is 2.26. The molecule has 19 heavy (non-hydrogen) atoms. The van der Waals surface area contributed by atoms with Crippen LogP contribution in [0.5, 0.6) is 0 Å². The Morgan fingerprint density at radius 3 is 2.63 bits per heavy atom. The van der Waals surface area contributed by atoms with Crippen LogP contribution in [-0.4, -0.2) is 42.8 Å². The Bertz CT molecular complexity index is 386. The summed E-state index contributed by atoms with van der Waals surface area (Å²) < 4.78 is 0.964. The molecule has 0 spiro atoms. The molecule has 0 aromatic heterocycles. The van der Waals surface area contributed by atoms with Gasteiger partial charge in [-0.3, -0.25) is 0 Å². The first-order valence-corrected chi connectivity index (χ1v) is 7.81. The number of aliphatic hydroxyl groups excluding tert-OH is 1. The largest absolute Gasteiger partial charge is 0.394 e. The van der Waals surface area contributed by atoms with Crippen molar-refractivity contribution in [2.24, 2.45) is 0 Å². The molecule has 0 fully saturated rings. The second-order valence-electron chi connectivity index (χ2n) is 4.38. The quantitative estimate of drug-likeness (QED) is 0.757. The van der Waals surface area contributed by atoms with Crippen molar-refractivity contribution >= 4 is 27.5 Å². The van der Waals surface area contributed by atoms with Gasteiger partial charge in [-0.15, -0.1) is 0 Å². The molecule has 0 aliphatic heterocycles. The molecule has 108 valence electrons. The molecule has 1 unspecified atom stereocenters. The maximum absolute atomic E-state index is 9.53. The fourth-order valence-corrected chi connectivity index (χ4v) is 2.69. The molecule has 1 atom stereocenters. The number of halogens is 2. The molecule has 5 heteroatoms. The minimum Gasteiger partial charge on any atom is -0.394 e. The van der Waals surface area contributed by atoms with E-state index in [1.54, 1.807) is 0 Å². The molecule has 1 rings (SSSR count). The van der Waals surface area contributed by atoms with Gasteiger partial charge >= 0.3 is 0 Å². The summed E-state index contributed by atoms with van der Waals surface area (Å²) in [7, 11) is 0. The van der Waals surface area contributed by atoms with Gasteiger partial charge in [0, 0.05) is 22.6 Å². The van der Waals surface area contributed by atoms with Gasteiger partial charge < -0.3 is 15.3 Å². The van der Waals surface area contributed by atoms with Crippen LogP contribution in [0.1, 0.15) is 25.5 Å². The van der Waals surface area contributed by atoms with Crippen molar-refractivity contribution < 1.29 is 5.11 Å². The number of aliphatic hydroxyl groups is 1. The van der Waals surface area contributed by atoms with Gasteiger partial charge in [-0.1, -0.05) is 41.4 Å². The molecule has 0 aliphatic carbocycles. The number of rotatable bonds is 8. The van der Waals surface area contributed by atoms with E-state index in [1.807, 2.05) is 18.2 Å². The third kappa shape index (κ3) is 5.40. The summed E-state index contributed by atoms with van der Waals surface area (Å²) in [5, 5.41) is 13.6. The number of benzene rings is 1. The number of hydrogen-bond acceptors (Lipinski definition) is 3. The average molecular weight is 350 g/mol. The topological polar surface area (TPSA) is 35.5 Å². The smallest absolute Gasteiger partial charge is 0.0626 e. The highest BCUT2D eigenvalue weighted by Gasteiger charge is 2.13. The van der Waals surface area contributed by atoms with Crippen LogP contribution in [-0.2, 0) is 0 Å². The average Bonchev–Trinajstić information content (AvgIpc) is 2.42. The van der Waals surface area contributed by atoms with Crippen molar-refractivity contribution in [1.82, 2.24) is 10.2 Å². The zero-order valence-corrected chi connectivity index (χ0v) is 13.8. The third-order valence-electron chi connectivity index (χ3n) is 3.23. The Labute approximate surface area is 129 Å². The van der Waals surface area contributed by atoms with Crippen LogP contribution in [0.15, 0.2) is 22.7 Å². The molecule has 0 heterocycles. The standard InChI is InChI=1S/C14H22BrClN2O/c1-3-18(4-2)8-7-17-14(10-19)12-9-11(16)5-6-13(12)15/h5-6,9,14,17,19H,3-4,7-8,10H2,1-2H3. The predicted molar refractivity (Wildman–Crippen MR) is 84.8 cm³/mol. The van der Waals surface area contributed by atoms with E-state index in [1.165, 1.54) is 0 Å². The summed E-state index contributed by atoms with van der Waals surface area (Å²) in [5.74, 6) is 0. The van der Waals surface area contributed by atoms with Crippen LogP contribution < -0.4 is 5.32 Å². The molecule has 2 N–H and O–H groups in total. The molecule has 0 amide bonds. The molecular formula is C14H22BrClN2O. The van der Waals surface area contributed by atoms with Crippen LogP contribution in [0.3, 0.4) is 0 Å². The molecular weight excluding hydrogens is 328 g/mol. The zero-order chi connectivity index (χ0) is 14.3. The number of likely N-dealkylation sites (N-methyl/N-ethyl adjacent to an activating group) is 1. The van der Waals surface area contributed by atoms with Crippen LogP contribution in [0.25, 0.3) is 0 Å². The predicted octanol–water partition coefficient (Wildman–Crippen LogP) is 3.07. The lowest BCUT2D eigenvalue weighted by atomic mass is 10.1. The molecule has 3 nitrogen and oxygen atoms in total. The van der Waals surface area contributed by atoms with Crippen LogP contribution >= 0.6 is 27.5 Å². The van der Waals surface area contributed by atoms with Crippen LogP contribution in [0.2, 0.25) is 5.02 Å². The van der Waals surface area contributed by atoms with E-state index in [0.29, 0.717) is 5.02 Å². The first kappa shape index (κ1) is 16.9. The number of nitrogens with zero attached hydrogens (tertiary/aromatic N) is 1. The molecule has 0 bridgehead atoms. The van der Waals surface area contributed by atoms with Gasteiger partial charge in [-0.05, 0) is 36.9 Å². The second-order valence-corrected chi connectivity index (χ2v) is 5.67. The first-order valence-electron chi connectivity index (χ1n) is 6.63. The van der Waals surface area contributed by atoms with E-state index in [2.05, 4.69) is 40.0 Å². The van der Waals surface area contributed by atoms with Gasteiger partial charge in [0.05, 0.1) is 12.6 Å². The van der Waals surface area contributed by atoms with Gasteiger partial charge in [0.1, 0.15) is 0 Å². The molecule has 1 aromatic rings. The Morgan fingerprint density at radius 1 is 1.37 bits per heavy atom. The molecule has 0 radical (unpaired) electrons. The van der Waals surface area contributed by atoms with E-state index in [4.69, 9.17) is 11.6 Å². The van der Waals surface area contributed by atoms with Crippen molar-refractivity contribution in [2.45, 2.75) is 19.9 Å². The Hall–Kier alpha value is -0.130. The van der Waals surface area contributed by atoms with Crippen LogP contribution in [0.4, 0.5) is 0 Å². The summed E-state index contributed by atoms with van der Waals surface area (Å²) in [6, 6.07) is 5.53. The van der Waals surface area contributed by atoms with Gasteiger partial charge in [0.2, 0.25) is 0 Å². The van der Waals surface area contributed by atoms with Crippen LogP contribution in [0, 0.1) is 0 Å². The van der Waals surface area contributed by atoms with E-state index >= 15 is 0 Å². The van der Waals surface area contributed by atoms with Crippen molar-refractivity contribution in [3.63, 3.8) is 0 Å². The molecule has 1 aromatic carbocycles. The van der Waals surface area contributed by atoms with Crippen molar-refractivity contribution in [1.29, 1.82) is 0 Å². The highest BCUT2D eigenvalue weighted by molar-refractivity contribution is 9.10. The lowest BCUT2D eigenvalue weighted by Gasteiger charge is -2.22. The lowest BCUT2D eigenvalue weighted by molar-refractivity contribution is 0.233. The Balaban J connectivity index is 2.60. The van der Waals surface area contributed by atoms with E-state index in [0.717, 1.165) is 36.2 Å². The SMILES string of the molecule is CCN(CC)CCNC(CO)c1cc(Cl)ccc1Br. The molecule has 0 saturated heterocycles. The van der Waals surface area contributed by atoms with Gasteiger partial charge in [0.15, 0.2) is 0 Å². The second kappa shape index (κ2) is 8.93. The Morgan fingerprint density at radius 2 is 2.05 bits per heavy atom. The van der Waals surface area contributed by atoms with Crippen molar-refractivity contribution in [3.8, 4) is 0 Å². The van der Waals surface area contributed by atoms with Crippen molar-refractivity contribution in [2.75, 3.05) is 32.8 Å². The fraction of sp³-hybridized carbons (Fsp3) is 0.571. The highest BCUT2D eigenvalue weighted by atomic mass is 79.9. The van der Waals surface area contributed by atoms with E-state index in [9.17, 15) is 5.11 Å². The summed E-state index contributed by atoms with van der Waals surface area (Å²) in [4.78, 5) is 2.34. The van der Waals surface area contributed by atoms with Crippen molar-refractivity contribution in [3.05, 3.63) is 33.3 Å². The summed E-state index contributed by atoms with van der Waals surface area (Å²) >= 11 is 9.51. The summed E-state index contributed by atoms with van der Waals surface area (Å²) in [5.41, 5.74) is 0.995. The van der Waals surface area contributed by atoms with E-state index < -0.39 is 0 Å². The fourth-order valence-electron chi connectivity index (χ4n) is 1.99. The monoisotopic (exact) mass is 348 g/mol. The summed E-state index contributed by atoms with van der Waals surface area (Å²) in [6.07, 6.45) is 0. The number of hydrogen-bond donors (Lipinski definition) is 2. The minimum absolute atomic E-state index is 0.0528. The maximum atomic E-state index is 9.53. The molecule has 0 saturated carbocycles. The van der Waals surface area contributed by atoms with Gasteiger partial charge in [-0.2, -0.15) is 0 Å². The normalized spacial score (nSPS) is 12.9.